The van der Waals surface area contributed by atoms with Crippen LogP contribution >= 0.6 is 0 Å². The summed E-state index contributed by atoms with van der Waals surface area (Å²) in [6.07, 6.45) is 3.47. The Bertz CT molecular complexity index is 430. The molecule has 1 fully saturated rings. The summed E-state index contributed by atoms with van der Waals surface area (Å²) < 4.78 is 13.5. The minimum absolute atomic E-state index is 0.124. The van der Waals surface area contributed by atoms with Crippen molar-refractivity contribution in [3.8, 4) is 0 Å². The van der Waals surface area contributed by atoms with E-state index < -0.39 is 5.82 Å². The van der Waals surface area contributed by atoms with E-state index in [1.54, 1.807) is 12.1 Å². The van der Waals surface area contributed by atoms with E-state index in [0.29, 0.717) is 12.6 Å². The summed E-state index contributed by atoms with van der Waals surface area (Å²) in [6, 6.07) is 6.45. The van der Waals surface area contributed by atoms with Crippen molar-refractivity contribution in [2.24, 2.45) is 0 Å². The molecule has 1 N–H and O–H groups in total. The standard InChI is InChI=1S/C15H21FN2O/c1-2-12(18-9-5-6-10-18)11-17-15(19)13-7-3-4-8-14(13)16/h3-4,7-8,12H,2,5-6,9-11H2,1H3,(H,17,19)/t12-/m0/s1. The number of halogens is 1. The molecule has 1 aromatic carbocycles. The molecule has 0 saturated carbocycles. The van der Waals surface area contributed by atoms with Crippen LogP contribution in [0.5, 0.6) is 0 Å². The Morgan fingerprint density at radius 2 is 2.05 bits per heavy atom. The molecule has 0 unspecified atom stereocenters. The second-order valence-corrected chi connectivity index (χ2v) is 5.00. The van der Waals surface area contributed by atoms with Gasteiger partial charge in [-0.2, -0.15) is 0 Å². The molecule has 1 heterocycles. The molecule has 0 aliphatic carbocycles. The molecule has 0 radical (unpaired) electrons. The quantitative estimate of drug-likeness (QED) is 0.886. The number of nitrogens with zero attached hydrogens (tertiary/aromatic N) is 1. The third kappa shape index (κ3) is 3.53. The maximum Gasteiger partial charge on any atom is 0.254 e. The number of nitrogens with one attached hydrogen (secondary N) is 1. The molecule has 104 valence electrons. The molecule has 1 aliphatic heterocycles. The van der Waals surface area contributed by atoms with E-state index in [1.165, 1.54) is 25.0 Å². The van der Waals surface area contributed by atoms with Crippen molar-refractivity contribution in [3.63, 3.8) is 0 Å². The van der Waals surface area contributed by atoms with E-state index in [-0.39, 0.29) is 11.5 Å². The highest BCUT2D eigenvalue weighted by molar-refractivity contribution is 5.94. The van der Waals surface area contributed by atoms with Gasteiger partial charge < -0.3 is 5.32 Å². The minimum atomic E-state index is -0.464. The van der Waals surface area contributed by atoms with Crippen LogP contribution in [-0.2, 0) is 0 Å². The SMILES string of the molecule is CC[C@@H](CNC(=O)c1ccccc1F)N1CCCC1. The number of carbonyl (C=O) groups is 1. The van der Waals surface area contributed by atoms with Crippen molar-refractivity contribution in [2.45, 2.75) is 32.2 Å². The Kier molecular flexibility index (Phi) is 4.91. The molecule has 0 aromatic heterocycles. The maximum absolute atomic E-state index is 13.5. The molecule has 3 nitrogen and oxygen atoms in total. The van der Waals surface area contributed by atoms with Gasteiger partial charge in [-0.05, 0) is 44.5 Å². The Hall–Kier alpha value is -1.42. The van der Waals surface area contributed by atoms with Crippen molar-refractivity contribution < 1.29 is 9.18 Å². The van der Waals surface area contributed by atoms with Gasteiger partial charge in [-0.25, -0.2) is 4.39 Å². The lowest BCUT2D eigenvalue weighted by Crippen LogP contribution is -2.42. The summed E-state index contributed by atoms with van der Waals surface area (Å²) in [4.78, 5) is 14.3. The van der Waals surface area contributed by atoms with Gasteiger partial charge in [-0.3, -0.25) is 9.69 Å². The molecule has 1 atom stereocenters. The molecule has 1 saturated heterocycles. The van der Waals surface area contributed by atoms with E-state index in [1.807, 2.05) is 0 Å². The molecule has 0 spiro atoms. The van der Waals surface area contributed by atoms with Crippen LogP contribution in [0, 0.1) is 5.82 Å². The third-order valence-corrected chi connectivity index (χ3v) is 3.75. The van der Waals surface area contributed by atoms with Gasteiger partial charge in [0.25, 0.3) is 5.91 Å². The lowest BCUT2D eigenvalue weighted by atomic mass is 10.1. The summed E-state index contributed by atoms with van der Waals surface area (Å²) in [5.41, 5.74) is 0.124. The summed E-state index contributed by atoms with van der Waals surface area (Å²) in [5.74, 6) is -0.787. The van der Waals surface area contributed by atoms with Crippen LogP contribution in [0.15, 0.2) is 24.3 Å². The normalized spacial score (nSPS) is 17.4. The van der Waals surface area contributed by atoms with Crippen molar-refractivity contribution in [3.05, 3.63) is 35.6 Å². The van der Waals surface area contributed by atoms with Gasteiger partial charge in [0.05, 0.1) is 5.56 Å². The monoisotopic (exact) mass is 264 g/mol. The van der Waals surface area contributed by atoms with Gasteiger partial charge in [-0.15, -0.1) is 0 Å². The van der Waals surface area contributed by atoms with Gasteiger partial charge in [-0.1, -0.05) is 19.1 Å². The fourth-order valence-corrected chi connectivity index (χ4v) is 2.59. The first kappa shape index (κ1) is 14.0. The molecular weight excluding hydrogens is 243 g/mol. The zero-order chi connectivity index (χ0) is 13.7. The Labute approximate surface area is 113 Å². The number of rotatable bonds is 5. The molecule has 1 amide bonds. The highest BCUT2D eigenvalue weighted by atomic mass is 19.1. The van der Waals surface area contributed by atoms with Crippen molar-refractivity contribution >= 4 is 5.91 Å². The molecular formula is C15H21FN2O. The van der Waals surface area contributed by atoms with Gasteiger partial charge in [0, 0.05) is 12.6 Å². The van der Waals surface area contributed by atoms with E-state index in [9.17, 15) is 9.18 Å². The zero-order valence-electron chi connectivity index (χ0n) is 11.4. The lowest BCUT2D eigenvalue weighted by Gasteiger charge is -2.26. The van der Waals surface area contributed by atoms with Gasteiger partial charge in [0.1, 0.15) is 5.82 Å². The molecule has 0 bridgehead atoms. The van der Waals surface area contributed by atoms with Gasteiger partial charge in [0.2, 0.25) is 0 Å². The topological polar surface area (TPSA) is 32.3 Å². The summed E-state index contributed by atoms with van der Waals surface area (Å²) >= 11 is 0. The number of hydrogen-bond donors (Lipinski definition) is 1. The summed E-state index contributed by atoms with van der Waals surface area (Å²) in [5, 5.41) is 2.85. The molecule has 1 aromatic rings. The van der Waals surface area contributed by atoms with Crippen molar-refractivity contribution in [1.29, 1.82) is 0 Å². The maximum atomic E-state index is 13.5. The Morgan fingerprint density at radius 1 is 1.37 bits per heavy atom. The highest BCUT2D eigenvalue weighted by Crippen LogP contribution is 2.13. The Morgan fingerprint density at radius 3 is 2.68 bits per heavy atom. The molecule has 1 aliphatic rings. The molecule has 4 heteroatoms. The van der Waals surface area contributed by atoms with Gasteiger partial charge >= 0.3 is 0 Å². The lowest BCUT2D eigenvalue weighted by molar-refractivity contribution is 0.0933. The van der Waals surface area contributed by atoms with Crippen LogP contribution in [0.25, 0.3) is 0 Å². The van der Waals surface area contributed by atoms with Crippen molar-refractivity contribution in [2.75, 3.05) is 19.6 Å². The van der Waals surface area contributed by atoms with Crippen LogP contribution in [0.1, 0.15) is 36.5 Å². The average molecular weight is 264 g/mol. The van der Waals surface area contributed by atoms with Crippen LogP contribution in [0.2, 0.25) is 0 Å². The zero-order valence-corrected chi connectivity index (χ0v) is 11.4. The van der Waals surface area contributed by atoms with E-state index in [0.717, 1.165) is 19.5 Å². The van der Waals surface area contributed by atoms with E-state index in [4.69, 9.17) is 0 Å². The predicted molar refractivity (Wildman–Crippen MR) is 73.6 cm³/mol. The number of carbonyl (C=O) groups excluding carboxylic acids is 1. The first-order valence-corrected chi connectivity index (χ1v) is 6.99. The minimum Gasteiger partial charge on any atom is -0.350 e. The third-order valence-electron chi connectivity index (χ3n) is 3.75. The van der Waals surface area contributed by atoms with Crippen LogP contribution in [0.4, 0.5) is 4.39 Å². The Balaban J connectivity index is 1.90. The second kappa shape index (κ2) is 6.66. The first-order chi connectivity index (χ1) is 9.22. The van der Waals surface area contributed by atoms with E-state index in [2.05, 4.69) is 17.1 Å². The smallest absolute Gasteiger partial charge is 0.254 e. The fourth-order valence-electron chi connectivity index (χ4n) is 2.59. The number of benzene rings is 1. The largest absolute Gasteiger partial charge is 0.350 e. The van der Waals surface area contributed by atoms with Crippen molar-refractivity contribution in [1.82, 2.24) is 10.2 Å². The van der Waals surface area contributed by atoms with E-state index >= 15 is 0 Å². The molecule has 19 heavy (non-hydrogen) atoms. The fraction of sp³-hybridized carbons (Fsp3) is 0.533. The number of amides is 1. The molecule has 2 rings (SSSR count). The van der Waals surface area contributed by atoms with Crippen LogP contribution in [0.3, 0.4) is 0 Å². The van der Waals surface area contributed by atoms with Gasteiger partial charge in [0.15, 0.2) is 0 Å². The number of likely N-dealkylation sites (tertiary alicyclic amines) is 1. The first-order valence-electron chi connectivity index (χ1n) is 6.99. The number of hydrogen-bond acceptors (Lipinski definition) is 2. The van der Waals surface area contributed by atoms with Crippen LogP contribution < -0.4 is 5.32 Å². The van der Waals surface area contributed by atoms with Crippen LogP contribution in [-0.4, -0.2) is 36.5 Å². The summed E-state index contributed by atoms with van der Waals surface area (Å²) in [6.45, 7) is 4.92. The summed E-state index contributed by atoms with van der Waals surface area (Å²) in [7, 11) is 0. The highest BCUT2D eigenvalue weighted by Gasteiger charge is 2.21. The second-order valence-electron chi connectivity index (χ2n) is 5.00. The average Bonchev–Trinajstić information content (AvgIpc) is 2.94. The predicted octanol–water partition coefficient (Wildman–Crippen LogP) is 2.43.